The van der Waals surface area contributed by atoms with Crippen LogP contribution in [0.4, 0.5) is 5.69 Å². The first-order chi connectivity index (χ1) is 10.1. The Morgan fingerprint density at radius 3 is 2.71 bits per heavy atom. The van der Waals surface area contributed by atoms with Crippen molar-refractivity contribution in [1.82, 2.24) is 4.98 Å². The van der Waals surface area contributed by atoms with Gasteiger partial charge < -0.3 is 10.1 Å². The van der Waals surface area contributed by atoms with Crippen molar-refractivity contribution in [3.05, 3.63) is 53.3 Å². The normalized spacial score (nSPS) is 11.3. The number of benzene rings is 1. The Hall–Kier alpha value is -2.58. The zero-order chi connectivity index (χ0) is 15.2. The monoisotopic (exact) mass is 301 g/mol. The number of halogens is 1. The fourth-order valence-corrected chi connectivity index (χ4v) is 1.75. The van der Waals surface area contributed by atoms with E-state index in [9.17, 15) is 4.79 Å². The third-order valence-electron chi connectivity index (χ3n) is 2.64. The molecule has 5 nitrogen and oxygen atoms in total. The molecule has 1 N–H and O–H groups in total. The summed E-state index contributed by atoms with van der Waals surface area (Å²) in [6.07, 6.45) is 2.26. The largest absolute Gasteiger partial charge is 0.479 e. The number of aromatic nitrogens is 1. The molecule has 2 rings (SSSR count). The molecule has 1 aromatic carbocycles. The Balaban J connectivity index is 1.97. The summed E-state index contributed by atoms with van der Waals surface area (Å²) in [5.41, 5.74) is 1.13. The molecule has 1 atom stereocenters. The van der Waals surface area contributed by atoms with Crippen molar-refractivity contribution < 1.29 is 9.53 Å². The molecule has 0 aliphatic heterocycles. The maximum atomic E-state index is 12.0. The van der Waals surface area contributed by atoms with Gasteiger partial charge in [0.05, 0.1) is 22.9 Å². The molecule has 0 aliphatic rings. The fourth-order valence-electron chi connectivity index (χ4n) is 1.59. The zero-order valence-electron chi connectivity index (χ0n) is 11.2. The van der Waals surface area contributed by atoms with Crippen molar-refractivity contribution >= 4 is 23.2 Å². The maximum Gasteiger partial charge on any atom is 0.265 e. The molecule has 0 aliphatic carbocycles. The number of rotatable bonds is 4. The summed E-state index contributed by atoms with van der Waals surface area (Å²) in [6.45, 7) is 1.62. The third-order valence-corrected chi connectivity index (χ3v) is 2.85. The highest BCUT2D eigenvalue weighted by Crippen LogP contribution is 2.17. The number of hydrogen-bond donors (Lipinski definition) is 1. The van der Waals surface area contributed by atoms with Crippen LogP contribution in [0.3, 0.4) is 0 Å². The lowest BCUT2D eigenvalue weighted by molar-refractivity contribution is -0.122. The van der Waals surface area contributed by atoms with Gasteiger partial charge in [0, 0.05) is 18.0 Å². The first-order valence-electron chi connectivity index (χ1n) is 6.17. The van der Waals surface area contributed by atoms with Crippen molar-refractivity contribution in [3.8, 4) is 11.8 Å². The number of nitriles is 1. The number of nitrogens with one attached hydrogen (secondary N) is 1. The first kappa shape index (κ1) is 14.8. The van der Waals surface area contributed by atoms with Gasteiger partial charge in [0.1, 0.15) is 5.75 Å². The van der Waals surface area contributed by atoms with Crippen LogP contribution in [0.15, 0.2) is 42.7 Å². The number of ether oxygens (including phenoxy) is 1. The minimum atomic E-state index is -0.707. The highest BCUT2D eigenvalue weighted by Gasteiger charge is 2.15. The fraction of sp³-hybridized carbons (Fsp3) is 0.133. The maximum absolute atomic E-state index is 12.0. The highest BCUT2D eigenvalue weighted by molar-refractivity contribution is 6.30. The van der Waals surface area contributed by atoms with E-state index in [0.29, 0.717) is 22.0 Å². The summed E-state index contributed by atoms with van der Waals surface area (Å²) < 4.78 is 5.46. The molecule has 0 fully saturated rings. The van der Waals surface area contributed by atoms with Gasteiger partial charge in [-0.2, -0.15) is 5.26 Å². The zero-order valence-corrected chi connectivity index (χ0v) is 12.0. The summed E-state index contributed by atoms with van der Waals surface area (Å²) in [5.74, 6) is 0.115. The van der Waals surface area contributed by atoms with Crippen LogP contribution in [-0.4, -0.2) is 17.0 Å². The molecule has 0 saturated carbocycles. The van der Waals surface area contributed by atoms with Crippen molar-refractivity contribution in [1.29, 1.82) is 5.26 Å². The summed E-state index contributed by atoms with van der Waals surface area (Å²) in [7, 11) is 0. The molecule has 2 aromatic rings. The molecule has 106 valence electrons. The molecule has 1 unspecified atom stereocenters. The van der Waals surface area contributed by atoms with E-state index in [1.165, 1.54) is 12.4 Å². The van der Waals surface area contributed by atoms with E-state index in [4.69, 9.17) is 21.6 Å². The van der Waals surface area contributed by atoms with Gasteiger partial charge in [0.2, 0.25) is 0 Å². The van der Waals surface area contributed by atoms with Gasteiger partial charge >= 0.3 is 0 Å². The summed E-state index contributed by atoms with van der Waals surface area (Å²) in [5, 5.41) is 11.8. The average Bonchev–Trinajstić information content (AvgIpc) is 2.48. The molecule has 1 heterocycles. The van der Waals surface area contributed by atoms with Crippen LogP contribution in [0.1, 0.15) is 12.5 Å². The summed E-state index contributed by atoms with van der Waals surface area (Å²) in [4.78, 5) is 15.9. The Morgan fingerprint density at radius 2 is 2.10 bits per heavy atom. The predicted molar refractivity (Wildman–Crippen MR) is 79.1 cm³/mol. The molecule has 0 saturated heterocycles. The molecule has 0 radical (unpaired) electrons. The molecule has 0 bridgehead atoms. The van der Waals surface area contributed by atoms with Crippen LogP contribution < -0.4 is 10.1 Å². The van der Waals surface area contributed by atoms with E-state index < -0.39 is 6.10 Å². The van der Waals surface area contributed by atoms with Gasteiger partial charge in [-0.15, -0.1) is 0 Å². The van der Waals surface area contributed by atoms with Crippen molar-refractivity contribution in [2.75, 3.05) is 5.32 Å². The quantitative estimate of drug-likeness (QED) is 0.942. The van der Waals surface area contributed by atoms with Gasteiger partial charge in [-0.3, -0.25) is 9.78 Å². The molecule has 6 heteroatoms. The van der Waals surface area contributed by atoms with Gasteiger partial charge in [-0.1, -0.05) is 11.6 Å². The molecule has 1 amide bonds. The lowest BCUT2D eigenvalue weighted by Crippen LogP contribution is -2.30. The standard InChI is InChI=1S/C15H12ClN3O2/c1-10(21-14-6-12(16)8-18-9-14)15(20)19-13-4-2-11(7-17)3-5-13/h2-6,8-10H,1H3,(H,19,20). The van der Waals surface area contributed by atoms with Crippen LogP contribution in [-0.2, 0) is 4.79 Å². The topological polar surface area (TPSA) is 75.0 Å². The Labute approximate surface area is 127 Å². The Kier molecular flexibility index (Phi) is 4.75. The Morgan fingerprint density at radius 1 is 1.38 bits per heavy atom. The van der Waals surface area contributed by atoms with Crippen LogP contribution in [0.25, 0.3) is 0 Å². The summed E-state index contributed by atoms with van der Waals surface area (Å²) >= 11 is 5.80. The predicted octanol–water partition coefficient (Wildman–Crippen LogP) is 3.01. The lowest BCUT2D eigenvalue weighted by atomic mass is 10.2. The van der Waals surface area contributed by atoms with Crippen LogP contribution in [0, 0.1) is 11.3 Å². The highest BCUT2D eigenvalue weighted by atomic mass is 35.5. The second-order valence-electron chi connectivity index (χ2n) is 4.28. The van der Waals surface area contributed by atoms with Crippen LogP contribution in [0.2, 0.25) is 5.02 Å². The number of nitrogens with zero attached hydrogens (tertiary/aromatic N) is 2. The van der Waals surface area contributed by atoms with Gasteiger partial charge in [-0.05, 0) is 31.2 Å². The minimum Gasteiger partial charge on any atom is -0.479 e. The number of anilines is 1. The van der Waals surface area contributed by atoms with E-state index in [0.717, 1.165) is 0 Å². The first-order valence-corrected chi connectivity index (χ1v) is 6.54. The number of amides is 1. The van der Waals surface area contributed by atoms with Crippen molar-refractivity contribution in [2.24, 2.45) is 0 Å². The number of hydrogen-bond acceptors (Lipinski definition) is 4. The molecule has 0 spiro atoms. The van der Waals surface area contributed by atoms with E-state index in [1.54, 1.807) is 37.3 Å². The lowest BCUT2D eigenvalue weighted by Gasteiger charge is -2.14. The second kappa shape index (κ2) is 6.73. The van der Waals surface area contributed by atoms with Crippen molar-refractivity contribution in [2.45, 2.75) is 13.0 Å². The number of carbonyl (C=O) groups is 1. The third kappa shape index (κ3) is 4.20. The summed E-state index contributed by atoms with van der Waals surface area (Å²) in [6, 6.07) is 10.2. The van der Waals surface area contributed by atoms with Crippen LogP contribution >= 0.6 is 11.6 Å². The van der Waals surface area contributed by atoms with Gasteiger partial charge in [0.25, 0.3) is 5.91 Å². The van der Waals surface area contributed by atoms with Crippen LogP contribution in [0.5, 0.6) is 5.75 Å². The minimum absolute atomic E-state index is 0.306. The number of pyridine rings is 1. The van der Waals surface area contributed by atoms with E-state index >= 15 is 0 Å². The molecule has 1 aromatic heterocycles. The van der Waals surface area contributed by atoms with Crippen molar-refractivity contribution in [3.63, 3.8) is 0 Å². The molecular weight excluding hydrogens is 290 g/mol. The van der Waals surface area contributed by atoms with E-state index in [-0.39, 0.29) is 5.91 Å². The SMILES string of the molecule is CC(Oc1cncc(Cl)c1)C(=O)Nc1ccc(C#N)cc1. The van der Waals surface area contributed by atoms with E-state index in [1.807, 2.05) is 6.07 Å². The van der Waals surface area contributed by atoms with Gasteiger partial charge in [-0.25, -0.2) is 0 Å². The Bertz CT molecular complexity index is 680. The smallest absolute Gasteiger partial charge is 0.265 e. The number of carbonyl (C=O) groups excluding carboxylic acids is 1. The second-order valence-corrected chi connectivity index (χ2v) is 4.71. The molecule has 21 heavy (non-hydrogen) atoms. The van der Waals surface area contributed by atoms with Gasteiger partial charge in [0.15, 0.2) is 6.10 Å². The average molecular weight is 302 g/mol. The van der Waals surface area contributed by atoms with E-state index in [2.05, 4.69) is 10.3 Å². The molecular formula is C15H12ClN3O2.